The van der Waals surface area contributed by atoms with Crippen molar-refractivity contribution in [1.29, 1.82) is 0 Å². The number of nitrogens with zero attached hydrogens (tertiary/aromatic N) is 4. The van der Waals surface area contributed by atoms with E-state index < -0.39 is 0 Å². The van der Waals surface area contributed by atoms with E-state index in [2.05, 4.69) is 10.1 Å². The number of morpholine rings is 1. The molecule has 4 rings (SSSR count). The van der Waals surface area contributed by atoms with E-state index in [9.17, 15) is 4.79 Å². The number of aromatic nitrogens is 3. The first-order valence-electron chi connectivity index (χ1n) is 6.47. The topological polar surface area (TPSA) is 59.7 Å². The van der Waals surface area contributed by atoms with E-state index in [1.807, 2.05) is 4.90 Å². The number of hydrogen-bond acceptors (Lipinski definition) is 4. The maximum atomic E-state index is 12.7. The molecule has 0 bridgehead atoms. The first-order chi connectivity index (χ1) is 9.30. The predicted octanol–water partition coefficient (Wildman–Crippen LogP) is 0.734. The molecule has 1 saturated carbocycles. The maximum Gasteiger partial charge on any atom is 0.258 e. The third-order valence-corrected chi connectivity index (χ3v) is 4.03. The predicted molar refractivity (Wildman–Crippen MR) is 66.8 cm³/mol. The molecule has 1 aliphatic carbocycles. The van der Waals surface area contributed by atoms with Crippen molar-refractivity contribution >= 4 is 11.4 Å². The van der Waals surface area contributed by atoms with Gasteiger partial charge in [0.2, 0.25) is 0 Å². The van der Waals surface area contributed by atoms with Gasteiger partial charge in [-0.05, 0) is 12.8 Å². The van der Waals surface area contributed by atoms with Crippen LogP contribution in [0.2, 0.25) is 0 Å². The van der Waals surface area contributed by atoms with Crippen LogP contribution in [-0.4, -0.2) is 50.7 Å². The molecule has 1 spiro atoms. The Kier molecular flexibility index (Phi) is 2.17. The number of hydrogen-bond donors (Lipinski definition) is 0. The van der Waals surface area contributed by atoms with Crippen molar-refractivity contribution in [2.45, 2.75) is 18.4 Å². The minimum absolute atomic E-state index is 0.0452. The summed E-state index contributed by atoms with van der Waals surface area (Å²) in [4.78, 5) is 18.7. The summed E-state index contributed by atoms with van der Waals surface area (Å²) < 4.78 is 7.19. The molecule has 19 heavy (non-hydrogen) atoms. The van der Waals surface area contributed by atoms with Crippen molar-refractivity contribution < 1.29 is 9.53 Å². The second-order valence-electron chi connectivity index (χ2n) is 5.20. The van der Waals surface area contributed by atoms with E-state index in [0.29, 0.717) is 25.3 Å². The average Bonchev–Trinajstić information content (AvgIpc) is 3.07. The number of amides is 1. The number of carbonyl (C=O) groups is 1. The zero-order valence-corrected chi connectivity index (χ0v) is 10.5. The van der Waals surface area contributed by atoms with Gasteiger partial charge in [0.15, 0.2) is 0 Å². The summed E-state index contributed by atoms with van der Waals surface area (Å²) in [5.74, 6) is 0.0452. The highest BCUT2D eigenvalue weighted by atomic mass is 16.5. The molecular weight excluding hydrogens is 244 g/mol. The summed E-state index contributed by atoms with van der Waals surface area (Å²) in [5.41, 5.74) is 1.34. The summed E-state index contributed by atoms with van der Waals surface area (Å²) in [5, 5.41) is 4.20. The summed E-state index contributed by atoms with van der Waals surface area (Å²) in [6, 6.07) is 0. The van der Waals surface area contributed by atoms with Crippen LogP contribution in [-0.2, 0) is 4.74 Å². The van der Waals surface area contributed by atoms with Gasteiger partial charge < -0.3 is 9.64 Å². The molecule has 1 aliphatic heterocycles. The number of rotatable bonds is 1. The van der Waals surface area contributed by atoms with Crippen LogP contribution in [0, 0.1) is 0 Å². The van der Waals surface area contributed by atoms with E-state index >= 15 is 0 Å². The zero-order valence-electron chi connectivity index (χ0n) is 10.5. The van der Waals surface area contributed by atoms with Crippen LogP contribution in [0.25, 0.3) is 5.52 Å². The van der Waals surface area contributed by atoms with Gasteiger partial charge in [-0.15, -0.1) is 0 Å². The molecule has 1 saturated heterocycles. The van der Waals surface area contributed by atoms with Crippen LogP contribution < -0.4 is 0 Å². The Labute approximate surface area is 110 Å². The smallest absolute Gasteiger partial charge is 0.258 e. The molecular formula is C13H14N4O2. The van der Waals surface area contributed by atoms with E-state index in [0.717, 1.165) is 18.4 Å². The molecule has 98 valence electrons. The summed E-state index contributed by atoms with van der Waals surface area (Å²) in [7, 11) is 0. The maximum absolute atomic E-state index is 12.7. The highest BCUT2D eigenvalue weighted by Crippen LogP contribution is 2.44. The van der Waals surface area contributed by atoms with Crippen LogP contribution in [0.5, 0.6) is 0 Å². The van der Waals surface area contributed by atoms with Gasteiger partial charge in [-0.3, -0.25) is 9.78 Å². The molecule has 6 nitrogen and oxygen atoms in total. The van der Waals surface area contributed by atoms with Crippen molar-refractivity contribution in [2.24, 2.45) is 0 Å². The van der Waals surface area contributed by atoms with Gasteiger partial charge in [0.25, 0.3) is 5.91 Å². The van der Waals surface area contributed by atoms with Crippen molar-refractivity contribution in [3.8, 4) is 0 Å². The Morgan fingerprint density at radius 1 is 1.37 bits per heavy atom. The first-order valence-corrected chi connectivity index (χ1v) is 6.47. The van der Waals surface area contributed by atoms with Crippen molar-refractivity contribution in [1.82, 2.24) is 19.5 Å². The second-order valence-corrected chi connectivity index (χ2v) is 5.20. The van der Waals surface area contributed by atoms with Crippen molar-refractivity contribution in [2.75, 3.05) is 19.8 Å². The van der Waals surface area contributed by atoms with Gasteiger partial charge >= 0.3 is 0 Å². The Balaban J connectivity index is 1.73. The van der Waals surface area contributed by atoms with Crippen molar-refractivity contribution in [3.63, 3.8) is 0 Å². The van der Waals surface area contributed by atoms with Gasteiger partial charge in [0.1, 0.15) is 0 Å². The largest absolute Gasteiger partial charge is 0.377 e. The van der Waals surface area contributed by atoms with Gasteiger partial charge in [-0.25, -0.2) is 4.52 Å². The van der Waals surface area contributed by atoms with Crippen LogP contribution >= 0.6 is 0 Å². The van der Waals surface area contributed by atoms with Gasteiger partial charge in [-0.1, -0.05) is 0 Å². The lowest BCUT2D eigenvalue weighted by molar-refractivity contribution is -0.0116. The van der Waals surface area contributed by atoms with E-state index in [-0.39, 0.29) is 11.4 Å². The fraction of sp³-hybridized carbons (Fsp3) is 0.462. The van der Waals surface area contributed by atoms with Crippen LogP contribution in [0.4, 0.5) is 0 Å². The Hall–Kier alpha value is -1.95. The molecule has 2 aromatic rings. The van der Waals surface area contributed by atoms with Crippen LogP contribution in [0.15, 0.2) is 24.8 Å². The molecule has 0 aromatic carbocycles. The van der Waals surface area contributed by atoms with Gasteiger partial charge in [0, 0.05) is 18.9 Å². The minimum atomic E-state index is -0.0498. The van der Waals surface area contributed by atoms with E-state index in [1.54, 1.807) is 29.3 Å². The second kappa shape index (κ2) is 3.77. The molecule has 0 unspecified atom stereocenters. The minimum Gasteiger partial charge on any atom is -0.377 e. The normalized spacial score (nSPS) is 20.9. The quantitative estimate of drug-likeness (QED) is 0.756. The summed E-state index contributed by atoms with van der Waals surface area (Å²) >= 11 is 0. The van der Waals surface area contributed by atoms with Gasteiger partial charge in [-0.2, -0.15) is 5.10 Å². The molecule has 2 fully saturated rings. The van der Waals surface area contributed by atoms with E-state index in [4.69, 9.17) is 4.74 Å². The lowest BCUT2D eigenvalue weighted by Crippen LogP contribution is -2.50. The Morgan fingerprint density at radius 2 is 2.26 bits per heavy atom. The third-order valence-electron chi connectivity index (χ3n) is 4.03. The highest BCUT2D eigenvalue weighted by molar-refractivity contribution is 6.01. The van der Waals surface area contributed by atoms with Gasteiger partial charge in [0.05, 0.1) is 42.2 Å². The standard InChI is InChI=1S/C13H14N4O2/c18-12(16-5-6-19-9-13(16)1-2-13)10-7-15-17-4-3-14-8-11(10)17/h3-4,7-8H,1-2,5-6,9H2. The zero-order chi connectivity index (χ0) is 12.9. The highest BCUT2D eigenvalue weighted by Gasteiger charge is 2.52. The molecule has 0 radical (unpaired) electrons. The molecule has 2 aromatic heterocycles. The fourth-order valence-electron chi connectivity index (χ4n) is 2.75. The Bertz CT molecular complexity index is 647. The third kappa shape index (κ3) is 1.56. The van der Waals surface area contributed by atoms with Crippen LogP contribution in [0.1, 0.15) is 23.2 Å². The Morgan fingerprint density at radius 3 is 3.11 bits per heavy atom. The molecule has 3 heterocycles. The number of fused-ring (bicyclic) bond motifs is 1. The lowest BCUT2D eigenvalue weighted by atomic mass is 10.1. The summed E-state index contributed by atoms with van der Waals surface area (Å²) in [6.07, 6.45) is 8.79. The molecule has 2 aliphatic rings. The average molecular weight is 258 g/mol. The van der Waals surface area contributed by atoms with Crippen LogP contribution in [0.3, 0.4) is 0 Å². The van der Waals surface area contributed by atoms with E-state index in [1.165, 1.54) is 0 Å². The monoisotopic (exact) mass is 258 g/mol. The fourth-order valence-corrected chi connectivity index (χ4v) is 2.75. The first kappa shape index (κ1) is 10.9. The lowest BCUT2D eigenvalue weighted by Gasteiger charge is -2.35. The SMILES string of the molecule is O=C(c1cnn2ccncc12)N1CCOCC12CC2. The molecule has 0 N–H and O–H groups in total. The molecule has 0 atom stereocenters. The molecule has 1 amide bonds. The summed E-state index contributed by atoms with van der Waals surface area (Å²) in [6.45, 7) is 1.94. The number of ether oxygens (including phenoxy) is 1. The number of carbonyl (C=O) groups excluding carboxylic acids is 1. The van der Waals surface area contributed by atoms with Crippen molar-refractivity contribution in [3.05, 3.63) is 30.4 Å². The molecule has 6 heteroatoms.